The number of nitrogens with one attached hydrogen (secondary N) is 2. The molecule has 0 aliphatic carbocycles. The third-order valence-corrected chi connectivity index (χ3v) is 5.52. The Kier molecular flexibility index (Phi) is 11.5. The number of carbonyl (C=O) groups excluding carboxylic acids is 3. The van der Waals surface area contributed by atoms with E-state index in [2.05, 4.69) is 17.6 Å². The summed E-state index contributed by atoms with van der Waals surface area (Å²) in [5.74, 6) is -0.372. The van der Waals surface area contributed by atoms with Crippen molar-refractivity contribution in [2.24, 2.45) is 5.92 Å². The Morgan fingerprint density at radius 1 is 1.03 bits per heavy atom. The van der Waals surface area contributed by atoms with Gasteiger partial charge >= 0.3 is 6.09 Å². The van der Waals surface area contributed by atoms with Crippen LogP contribution in [0, 0.1) is 19.8 Å². The minimum absolute atomic E-state index is 0.143. The SMILES string of the molecule is CCCCN(C(=O)C(CC(C)C)NC(=O)OC(C)(C)C)C(C(=O)NC(C)(C)C)c1cc(C)ccc1C. The molecule has 0 bridgehead atoms. The highest BCUT2D eigenvalue weighted by atomic mass is 16.6. The fraction of sp³-hybridized carbons (Fsp3) is 0.690. The molecule has 7 nitrogen and oxygen atoms in total. The van der Waals surface area contributed by atoms with Crippen LogP contribution >= 0.6 is 0 Å². The monoisotopic (exact) mass is 503 g/mol. The van der Waals surface area contributed by atoms with Gasteiger partial charge in [-0.15, -0.1) is 0 Å². The van der Waals surface area contributed by atoms with Crippen LogP contribution in [0.3, 0.4) is 0 Å². The van der Waals surface area contributed by atoms with E-state index in [-0.39, 0.29) is 17.7 Å². The molecular weight excluding hydrogens is 454 g/mol. The minimum Gasteiger partial charge on any atom is -0.444 e. The number of alkyl carbamates (subject to hydrolysis) is 1. The zero-order valence-electron chi connectivity index (χ0n) is 24.4. The van der Waals surface area contributed by atoms with Crippen molar-refractivity contribution in [1.82, 2.24) is 15.5 Å². The molecule has 2 unspecified atom stereocenters. The second-order valence-corrected chi connectivity index (χ2v) is 12.2. The number of unbranched alkanes of at least 4 members (excludes halogenated alkanes) is 1. The van der Waals surface area contributed by atoms with E-state index >= 15 is 0 Å². The van der Waals surface area contributed by atoms with E-state index in [0.29, 0.717) is 13.0 Å². The number of hydrogen-bond donors (Lipinski definition) is 2. The number of aryl methyl sites for hydroxylation is 2. The lowest BCUT2D eigenvalue weighted by Gasteiger charge is -2.37. The summed E-state index contributed by atoms with van der Waals surface area (Å²) in [6.45, 7) is 21.5. The highest BCUT2D eigenvalue weighted by Crippen LogP contribution is 2.28. The summed E-state index contributed by atoms with van der Waals surface area (Å²) in [6, 6.07) is 4.33. The number of hydrogen-bond acceptors (Lipinski definition) is 4. The molecule has 0 aliphatic rings. The normalized spacial score (nSPS) is 13.7. The quantitative estimate of drug-likeness (QED) is 0.421. The van der Waals surface area contributed by atoms with Gasteiger partial charge in [0.05, 0.1) is 0 Å². The number of nitrogens with zero attached hydrogens (tertiary/aromatic N) is 1. The zero-order valence-corrected chi connectivity index (χ0v) is 24.4. The predicted octanol–water partition coefficient (Wildman–Crippen LogP) is 5.83. The van der Waals surface area contributed by atoms with Gasteiger partial charge in [0.25, 0.3) is 0 Å². The second kappa shape index (κ2) is 13.1. The molecule has 0 saturated carbocycles. The molecule has 204 valence electrons. The van der Waals surface area contributed by atoms with Crippen molar-refractivity contribution < 1.29 is 19.1 Å². The van der Waals surface area contributed by atoms with Gasteiger partial charge in [-0.1, -0.05) is 51.0 Å². The predicted molar refractivity (Wildman–Crippen MR) is 146 cm³/mol. The maximum atomic E-state index is 14.1. The van der Waals surface area contributed by atoms with E-state index in [1.807, 2.05) is 66.7 Å². The number of carbonyl (C=O) groups is 3. The molecule has 0 aromatic heterocycles. The Hall–Kier alpha value is -2.57. The third-order valence-electron chi connectivity index (χ3n) is 5.52. The lowest BCUT2D eigenvalue weighted by Crippen LogP contribution is -2.55. The Bertz CT molecular complexity index is 897. The highest BCUT2D eigenvalue weighted by molar-refractivity contribution is 5.92. The number of benzene rings is 1. The van der Waals surface area contributed by atoms with Crippen LogP contribution in [-0.4, -0.2) is 46.5 Å². The first-order valence-electron chi connectivity index (χ1n) is 13.1. The van der Waals surface area contributed by atoms with Gasteiger partial charge in [-0.3, -0.25) is 9.59 Å². The maximum absolute atomic E-state index is 14.1. The summed E-state index contributed by atoms with van der Waals surface area (Å²) in [7, 11) is 0. The molecule has 0 aliphatic heterocycles. The average Bonchev–Trinajstić information content (AvgIpc) is 2.69. The van der Waals surface area contributed by atoms with Gasteiger partial charge in [0.15, 0.2) is 0 Å². The number of amides is 3. The molecule has 0 spiro atoms. The van der Waals surface area contributed by atoms with Gasteiger partial charge in [0, 0.05) is 12.1 Å². The molecule has 36 heavy (non-hydrogen) atoms. The zero-order chi connectivity index (χ0) is 27.8. The standard InChI is InChI=1S/C29H49N3O4/c1-12-13-16-32(26(34)23(17-19(2)3)30-27(35)36-29(9,10)11)24(25(33)31-28(6,7)8)22-18-20(4)14-15-21(22)5/h14-15,18-19,23-24H,12-13,16-17H2,1-11H3,(H,30,35)(H,31,33). The van der Waals surface area contributed by atoms with Crippen molar-refractivity contribution in [2.45, 2.75) is 119 Å². The number of rotatable bonds is 10. The summed E-state index contributed by atoms with van der Waals surface area (Å²) in [5.41, 5.74) is 1.58. The van der Waals surface area contributed by atoms with Gasteiger partial charge in [0.2, 0.25) is 11.8 Å². The van der Waals surface area contributed by atoms with Crippen molar-refractivity contribution in [3.63, 3.8) is 0 Å². The van der Waals surface area contributed by atoms with E-state index in [1.165, 1.54) is 0 Å². The summed E-state index contributed by atoms with van der Waals surface area (Å²) in [5, 5.41) is 5.88. The van der Waals surface area contributed by atoms with Crippen LogP contribution in [0.5, 0.6) is 0 Å². The molecule has 0 heterocycles. The van der Waals surface area contributed by atoms with Gasteiger partial charge in [-0.25, -0.2) is 4.79 Å². The van der Waals surface area contributed by atoms with E-state index in [1.54, 1.807) is 25.7 Å². The van der Waals surface area contributed by atoms with Gasteiger partial charge < -0.3 is 20.3 Å². The Morgan fingerprint density at radius 2 is 1.64 bits per heavy atom. The smallest absolute Gasteiger partial charge is 0.408 e. The van der Waals surface area contributed by atoms with E-state index < -0.39 is 29.3 Å². The summed E-state index contributed by atoms with van der Waals surface area (Å²) in [6.07, 6.45) is 1.38. The average molecular weight is 504 g/mol. The van der Waals surface area contributed by atoms with Crippen LogP contribution < -0.4 is 10.6 Å². The van der Waals surface area contributed by atoms with Gasteiger partial charge in [-0.2, -0.15) is 0 Å². The molecule has 1 aromatic carbocycles. The Morgan fingerprint density at radius 3 is 2.14 bits per heavy atom. The van der Waals surface area contributed by atoms with Crippen LogP contribution in [0.4, 0.5) is 4.79 Å². The fourth-order valence-electron chi connectivity index (χ4n) is 3.98. The maximum Gasteiger partial charge on any atom is 0.408 e. The van der Waals surface area contributed by atoms with Crippen LogP contribution in [0.2, 0.25) is 0 Å². The summed E-state index contributed by atoms with van der Waals surface area (Å²) in [4.78, 5) is 42.2. The largest absolute Gasteiger partial charge is 0.444 e. The molecule has 0 fully saturated rings. The first-order valence-corrected chi connectivity index (χ1v) is 13.1. The first-order chi connectivity index (χ1) is 16.4. The van der Waals surface area contributed by atoms with Crippen LogP contribution in [0.15, 0.2) is 18.2 Å². The highest BCUT2D eigenvalue weighted by Gasteiger charge is 2.37. The molecule has 2 atom stereocenters. The van der Waals surface area contributed by atoms with Crippen molar-refractivity contribution in [1.29, 1.82) is 0 Å². The topological polar surface area (TPSA) is 87.7 Å². The van der Waals surface area contributed by atoms with Crippen molar-refractivity contribution in [3.05, 3.63) is 34.9 Å². The van der Waals surface area contributed by atoms with Gasteiger partial charge in [0.1, 0.15) is 17.7 Å². The molecule has 1 rings (SSSR count). The van der Waals surface area contributed by atoms with Crippen molar-refractivity contribution >= 4 is 17.9 Å². The molecule has 2 N–H and O–H groups in total. The van der Waals surface area contributed by atoms with Crippen LogP contribution in [-0.2, 0) is 14.3 Å². The van der Waals surface area contributed by atoms with E-state index in [9.17, 15) is 14.4 Å². The fourth-order valence-corrected chi connectivity index (χ4v) is 3.98. The number of ether oxygens (including phenoxy) is 1. The Balaban J connectivity index is 3.59. The Labute approximate surface area is 218 Å². The second-order valence-electron chi connectivity index (χ2n) is 12.2. The molecule has 1 aromatic rings. The molecule has 0 saturated heterocycles. The van der Waals surface area contributed by atoms with Gasteiger partial charge in [-0.05, 0) is 85.3 Å². The lowest BCUT2D eigenvalue weighted by molar-refractivity contribution is -0.143. The van der Waals surface area contributed by atoms with Crippen molar-refractivity contribution in [3.8, 4) is 0 Å². The molecule has 3 amide bonds. The first kappa shape index (κ1) is 31.5. The minimum atomic E-state index is -0.821. The van der Waals surface area contributed by atoms with Crippen LogP contribution in [0.25, 0.3) is 0 Å². The molecular formula is C29H49N3O4. The van der Waals surface area contributed by atoms with Crippen LogP contribution in [0.1, 0.15) is 104 Å². The van der Waals surface area contributed by atoms with E-state index in [0.717, 1.165) is 29.5 Å². The van der Waals surface area contributed by atoms with E-state index in [4.69, 9.17) is 4.74 Å². The summed E-state index contributed by atoms with van der Waals surface area (Å²) >= 11 is 0. The van der Waals surface area contributed by atoms with Crippen molar-refractivity contribution in [2.75, 3.05) is 6.54 Å². The third kappa shape index (κ3) is 10.6. The molecule has 0 radical (unpaired) electrons. The summed E-state index contributed by atoms with van der Waals surface area (Å²) < 4.78 is 5.45. The molecule has 7 heteroatoms. The lowest BCUT2D eigenvalue weighted by atomic mass is 9.94.